The van der Waals surface area contributed by atoms with Crippen molar-refractivity contribution >= 4 is 19.5 Å². The van der Waals surface area contributed by atoms with Crippen LogP contribution < -0.4 is 21.0 Å². The molecule has 13 heteroatoms. The summed E-state index contributed by atoms with van der Waals surface area (Å²) in [4.78, 5) is 27.5. The molecule has 0 aliphatic carbocycles. The van der Waals surface area contributed by atoms with Gasteiger partial charge in [0.1, 0.15) is 23.8 Å². The van der Waals surface area contributed by atoms with Crippen molar-refractivity contribution in [1.82, 2.24) is 14.6 Å². The van der Waals surface area contributed by atoms with Crippen LogP contribution in [0.3, 0.4) is 0 Å². The van der Waals surface area contributed by atoms with Crippen LogP contribution in [0.5, 0.6) is 5.75 Å². The minimum Gasteiger partial charge on any atom is -0.468 e. The number of nitrogens with zero attached hydrogens (tertiary/aromatic N) is 2. The van der Waals surface area contributed by atoms with Crippen LogP contribution in [0.1, 0.15) is 26.5 Å². The second-order valence-corrected chi connectivity index (χ2v) is 9.09. The molecule has 0 amide bonds. The predicted molar refractivity (Wildman–Crippen MR) is 116 cm³/mol. The van der Waals surface area contributed by atoms with Gasteiger partial charge in [0.2, 0.25) is 0 Å². The molecule has 1 aliphatic rings. The van der Waals surface area contributed by atoms with Gasteiger partial charge >= 0.3 is 19.4 Å². The van der Waals surface area contributed by atoms with E-state index < -0.39 is 50.1 Å². The zero-order valence-electron chi connectivity index (χ0n) is 18.3. The van der Waals surface area contributed by atoms with Gasteiger partial charge in [-0.25, -0.2) is 13.8 Å². The fraction of sp³-hybridized carbons (Fsp3) is 0.450. The number of nitrogens with two attached hydrogens (primary N) is 1. The van der Waals surface area contributed by atoms with Crippen molar-refractivity contribution in [2.24, 2.45) is 0 Å². The quantitative estimate of drug-likeness (QED) is 0.401. The van der Waals surface area contributed by atoms with E-state index in [-0.39, 0.29) is 18.0 Å². The van der Waals surface area contributed by atoms with Crippen LogP contribution in [0.2, 0.25) is 0 Å². The zero-order chi connectivity index (χ0) is 24.2. The highest BCUT2D eigenvalue weighted by atomic mass is 31.2. The third kappa shape index (κ3) is 6.17. The summed E-state index contributed by atoms with van der Waals surface area (Å²) >= 11 is 0. The molecule has 2 aromatic rings. The first-order valence-electron chi connectivity index (χ1n) is 10.1. The Kier molecular flexibility index (Phi) is 7.85. The maximum absolute atomic E-state index is 14.7. The van der Waals surface area contributed by atoms with Gasteiger partial charge in [-0.1, -0.05) is 18.2 Å². The van der Waals surface area contributed by atoms with Gasteiger partial charge in [-0.15, -0.1) is 0 Å². The second kappa shape index (κ2) is 10.4. The van der Waals surface area contributed by atoms with E-state index in [2.05, 4.69) is 14.8 Å². The van der Waals surface area contributed by atoms with Crippen molar-refractivity contribution in [2.75, 3.05) is 12.8 Å². The number of methoxy groups -OCH3 is 1. The predicted octanol–water partition coefficient (Wildman–Crippen LogP) is 2.19. The van der Waals surface area contributed by atoms with Crippen molar-refractivity contribution in [3.63, 3.8) is 0 Å². The maximum atomic E-state index is 14.7. The number of para-hydroxylation sites is 1. The Bertz CT molecular complexity index is 1070. The lowest BCUT2D eigenvalue weighted by atomic mass is 10.1. The molecule has 3 N–H and O–H groups in total. The molecule has 4 unspecified atom stereocenters. The highest BCUT2D eigenvalue weighted by molar-refractivity contribution is 7.52. The summed E-state index contributed by atoms with van der Waals surface area (Å²) < 4.78 is 50.8. The zero-order valence-corrected chi connectivity index (χ0v) is 19.2. The Morgan fingerprint density at radius 3 is 2.67 bits per heavy atom. The lowest BCUT2D eigenvalue weighted by Gasteiger charge is -2.27. The fourth-order valence-electron chi connectivity index (χ4n) is 3.27. The lowest BCUT2D eigenvalue weighted by Crippen LogP contribution is -2.37. The summed E-state index contributed by atoms with van der Waals surface area (Å²) in [6.45, 7) is 2.95. The molecule has 1 aromatic carbocycles. The Morgan fingerprint density at radius 1 is 1.33 bits per heavy atom. The molecule has 6 atom stereocenters. The number of ether oxygens (including phenoxy) is 2. The fourth-order valence-corrected chi connectivity index (χ4v) is 4.98. The minimum absolute atomic E-state index is 0.00251. The number of benzene rings is 1. The number of carbonyl (C=O) groups is 1. The molecule has 0 bridgehead atoms. The van der Waals surface area contributed by atoms with E-state index in [1.165, 1.54) is 33.2 Å². The minimum atomic E-state index is -4.15. The van der Waals surface area contributed by atoms with Crippen molar-refractivity contribution in [3.05, 3.63) is 53.1 Å². The van der Waals surface area contributed by atoms with Gasteiger partial charge in [0.05, 0.1) is 19.3 Å². The largest absolute Gasteiger partial charge is 0.468 e. The highest BCUT2D eigenvalue weighted by Crippen LogP contribution is 2.48. The van der Waals surface area contributed by atoms with Gasteiger partial charge < -0.3 is 19.7 Å². The highest BCUT2D eigenvalue weighted by Gasteiger charge is 2.43. The van der Waals surface area contributed by atoms with Crippen molar-refractivity contribution < 1.29 is 32.3 Å². The number of hydrogen-bond acceptors (Lipinski definition) is 9. The molecule has 180 valence electrons. The SMILES string of the molecule is COC(=O)C(C)NP(=O)(Oc1ccccc1)OC(C)[C@@H]1CC(F)[C@H](n2ccc(N)nc2=O)O1. The number of nitrogen functional groups attached to an aromatic ring is 1. The number of halogens is 1. The van der Waals surface area contributed by atoms with Crippen LogP contribution >= 0.6 is 7.75 Å². The number of aromatic nitrogens is 2. The summed E-state index contributed by atoms with van der Waals surface area (Å²) in [6.07, 6.45) is -3.48. The number of esters is 1. The van der Waals surface area contributed by atoms with Crippen LogP contribution in [-0.4, -0.2) is 47.1 Å². The summed E-state index contributed by atoms with van der Waals surface area (Å²) in [5.74, 6) is -0.451. The Balaban J connectivity index is 1.77. The van der Waals surface area contributed by atoms with Crippen LogP contribution in [0.25, 0.3) is 0 Å². The molecule has 1 aliphatic heterocycles. The Hall–Kier alpha value is -2.79. The van der Waals surface area contributed by atoms with Crippen LogP contribution in [0.4, 0.5) is 10.2 Å². The van der Waals surface area contributed by atoms with E-state index in [1.54, 1.807) is 30.3 Å². The monoisotopic (exact) mass is 484 g/mol. The van der Waals surface area contributed by atoms with Crippen molar-refractivity contribution in [2.45, 2.75) is 50.9 Å². The van der Waals surface area contributed by atoms with E-state index in [4.69, 9.17) is 19.5 Å². The topological polar surface area (TPSA) is 144 Å². The van der Waals surface area contributed by atoms with Gasteiger partial charge in [0.25, 0.3) is 0 Å². The van der Waals surface area contributed by atoms with Gasteiger partial charge in [-0.2, -0.15) is 10.1 Å². The summed E-state index contributed by atoms with van der Waals surface area (Å²) in [5, 5.41) is 2.52. The van der Waals surface area contributed by atoms with E-state index in [9.17, 15) is 18.5 Å². The van der Waals surface area contributed by atoms with E-state index >= 15 is 0 Å². The summed E-state index contributed by atoms with van der Waals surface area (Å²) in [7, 11) is -2.96. The lowest BCUT2D eigenvalue weighted by molar-refractivity contribution is -0.142. The molecule has 1 fully saturated rings. The Morgan fingerprint density at radius 2 is 2.03 bits per heavy atom. The first kappa shape index (κ1) is 24.8. The first-order chi connectivity index (χ1) is 15.6. The average molecular weight is 484 g/mol. The third-order valence-corrected chi connectivity index (χ3v) is 6.68. The maximum Gasteiger partial charge on any atom is 0.459 e. The molecule has 1 aromatic heterocycles. The molecule has 2 heterocycles. The summed E-state index contributed by atoms with van der Waals surface area (Å²) in [6, 6.07) is 8.53. The molecular weight excluding hydrogens is 458 g/mol. The molecule has 0 saturated carbocycles. The smallest absolute Gasteiger partial charge is 0.459 e. The van der Waals surface area contributed by atoms with Gasteiger partial charge in [0, 0.05) is 12.6 Å². The van der Waals surface area contributed by atoms with Gasteiger partial charge in [0.15, 0.2) is 6.23 Å². The normalized spacial score (nSPS) is 23.9. The molecular formula is C20H26FN4O7P. The standard InChI is InChI=1S/C20H26FN4O7P/c1-12(19(26)29-3)24-33(28,32-14-7-5-4-6-8-14)31-13(2)16-11-15(21)18(30-16)25-10-9-17(22)23-20(25)27/h4-10,12-13,15-16,18H,11H2,1-3H3,(H,24,28)(H2,22,23,27)/t12?,13?,15?,16-,18+,33?/m0/s1. The van der Waals surface area contributed by atoms with E-state index in [0.717, 1.165) is 4.57 Å². The molecule has 3 rings (SSSR count). The summed E-state index contributed by atoms with van der Waals surface area (Å²) in [5.41, 5.74) is 4.72. The van der Waals surface area contributed by atoms with Crippen LogP contribution in [0, 0.1) is 0 Å². The van der Waals surface area contributed by atoms with Crippen molar-refractivity contribution in [3.8, 4) is 5.75 Å². The van der Waals surface area contributed by atoms with Crippen molar-refractivity contribution in [1.29, 1.82) is 0 Å². The molecule has 11 nitrogen and oxygen atoms in total. The molecule has 33 heavy (non-hydrogen) atoms. The van der Waals surface area contributed by atoms with Gasteiger partial charge in [-0.05, 0) is 32.0 Å². The number of alkyl halides is 1. The number of nitrogens with one attached hydrogen (secondary N) is 1. The van der Waals surface area contributed by atoms with E-state index in [0.29, 0.717) is 0 Å². The third-order valence-electron chi connectivity index (χ3n) is 4.91. The molecule has 0 radical (unpaired) electrons. The van der Waals surface area contributed by atoms with Crippen LogP contribution in [-0.2, 0) is 23.4 Å². The number of carbonyl (C=O) groups excluding carboxylic acids is 1. The second-order valence-electron chi connectivity index (χ2n) is 7.45. The molecule has 1 saturated heterocycles. The number of rotatable bonds is 9. The van der Waals surface area contributed by atoms with Gasteiger partial charge in [-0.3, -0.25) is 13.9 Å². The van der Waals surface area contributed by atoms with E-state index in [1.807, 2.05) is 0 Å². The van der Waals surface area contributed by atoms with Crippen LogP contribution in [0.15, 0.2) is 47.4 Å². The average Bonchev–Trinajstić information content (AvgIpc) is 3.15. The molecule has 0 spiro atoms. The first-order valence-corrected chi connectivity index (χ1v) is 11.7. The number of anilines is 1. The Labute approximate surface area is 189 Å². The number of hydrogen-bond donors (Lipinski definition) is 2.